The number of aromatic hydroxyl groups is 1. The summed E-state index contributed by atoms with van der Waals surface area (Å²) in [5.41, 5.74) is 4.97. The van der Waals surface area contributed by atoms with Crippen molar-refractivity contribution in [2.75, 3.05) is 6.54 Å². The Morgan fingerprint density at radius 1 is 0.872 bits per heavy atom. The van der Waals surface area contributed by atoms with E-state index in [1.54, 1.807) is 67.5 Å². The molecule has 0 aliphatic carbocycles. The summed E-state index contributed by atoms with van der Waals surface area (Å²) < 4.78 is 11.0. The molecule has 2 rings (SSSR count). The summed E-state index contributed by atoms with van der Waals surface area (Å²) in [5.74, 6) is -3.06. The maximum Gasteiger partial charge on any atom is 0.408 e. The first kappa shape index (κ1) is 38.6. The number of phenols is 1. The van der Waals surface area contributed by atoms with Gasteiger partial charge in [0.25, 0.3) is 0 Å². The summed E-state index contributed by atoms with van der Waals surface area (Å²) >= 11 is 0. The number of benzene rings is 2. The molecule has 0 spiro atoms. The van der Waals surface area contributed by atoms with E-state index >= 15 is 0 Å². The van der Waals surface area contributed by atoms with E-state index in [0.717, 1.165) is 5.56 Å². The summed E-state index contributed by atoms with van der Waals surface area (Å²) in [7, 11) is 0. The number of nitrogens with zero attached hydrogens (tertiary/aromatic N) is 1. The number of rotatable bonds is 14. The average molecular weight is 655 g/mol. The molecule has 0 saturated heterocycles. The summed E-state index contributed by atoms with van der Waals surface area (Å²) in [4.78, 5) is 67.9. The average Bonchev–Trinajstić information content (AvgIpc) is 2.95. The van der Waals surface area contributed by atoms with Crippen LogP contribution >= 0.6 is 0 Å². The van der Waals surface area contributed by atoms with E-state index in [0.29, 0.717) is 12.0 Å². The number of hydrogen-bond donors (Lipinski definition) is 4. The Kier molecular flexibility index (Phi) is 13.8. The van der Waals surface area contributed by atoms with Gasteiger partial charge in [-0.1, -0.05) is 55.5 Å². The second kappa shape index (κ2) is 16.8. The van der Waals surface area contributed by atoms with Gasteiger partial charge in [0.15, 0.2) is 0 Å². The number of para-hydroxylation sites is 1. The Morgan fingerprint density at radius 3 is 2.04 bits per heavy atom. The molecule has 0 aromatic heterocycles. The number of hydrogen-bond acceptors (Lipinski definition) is 8. The van der Waals surface area contributed by atoms with Gasteiger partial charge in [0.1, 0.15) is 35.1 Å². The van der Waals surface area contributed by atoms with Crippen molar-refractivity contribution >= 4 is 29.8 Å². The second-order valence-electron chi connectivity index (χ2n) is 13.4. The Morgan fingerprint density at radius 2 is 1.49 bits per heavy atom. The zero-order valence-electron chi connectivity index (χ0n) is 28.7. The highest BCUT2D eigenvalue weighted by Crippen LogP contribution is 2.33. The Balaban J connectivity index is 2.64. The highest BCUT2D eigenvalue weighted by Gasteiger charge is 2.39. The third-order valence-electron chi connectivity index (χ3n) is 6.83. The summed E-state index contributed by atoms with van der Waals surface area (Å²) in [6.07, 6.45) is -0.829. The van der Waals surface area contributed by atoms with Crippen molar-refractivity contribution in [3.8, 4) is 5.75 Å². The molecule has 2 aromatic carbocycles. The highest BCUT2D eigenvalue weighted by molar-refractivity contribution is 5.94. The van der Waals surface area contributed by atoms with E-state index in [1.165, 1.54) is 11.0 Å². The van der Waals surface area contributed by atoms with Crippen molar-refractivity contribution < 1.29 is 38.6 Å². The lowest BCUT2D eigenvalue weighted by atomic mass is 9.97. The number of esters is 1. The number of nitrogens with one attached hydrogen (secondary N) is 2. The molecule has 258 valence electrons. The Bertz CT molecular complexity index is 1400. The van der Waals surface area contributed by atoms with Crippen LogP contribution in [-0.2, 0) is 35.1 Å². The van der Waals surface area contributed by atoms with Gasteiger partial charge in [0.05, 0.1) is 0 Å². The Hall–Kier alpha value is -4.61. The number of alkyl carbamates (subject to hydrolysis) is 1. The fraction of sp³-hybridized carbons (Fsp3) is 0.514. The molecule has 0 radical (unpaired) electrons. The van der Waals surface area contributed by atoms with E-state index in [1.807, 2.05) is 30.3 Å². The number of nitrogens with two attached hydrogens (primary N) is 1. The van der Waals surface area contributed by atoms with E-state index in [-0.39, 0.29) is 37.1 Å². The fourth-order valence-electron chi connectivity index (χ4n) is 4.82. The molecule has 0 bridgehead atoms. The van der Waals surface area contributed by atoms with E-state index in [4.69, 9.17) is 15.2 Å². The molecule has 2 aromatic rings. The molecular formula is C35H50N4O8. The van der Waals surface area contributed by atoms with Gasteiger partial charge in [-0.25, -0.2) is 9.59 Å². The molecule has 12 heteroatoms. The molecular weight excluding hydrogens is 604 g/mol. The van der Waals surface area contributed by atoms with Crippen LogP contribution in [0.5, 0.6) is 5.75 Å². The molecule has 5 N–H and O–H groups in total. The lowest BCUT2D eigenvalue weighted by Crippen LogP contribution is -2.55. The monoisotopic (exact) mass is 654 g/mol. The van der Waals surface area contributed by atoms with Crippen LogP contribution in [0.3, 0.4) is 0 Å². The maximum atomic E-state index is 14.4. The van der Waals surface area contributed by atoms with Crippen LogP contribution < -0.4 is 16.4 Å². The predicted octanol–water partition coefficient (Wildman–Crippen LogP) is 4.21. The first-order valence-corrected chi connectivity index (χ1v) is 15.8. The van der Waals surface area contributed by atoms with Crippen molar-refractivity contribution in [3.05, 3.63) is 65.2 Å². The lowest BCUT2D eigenvalue weighted by Gasteiger charge is -2.35. The number of aryl methyl sites for hydroxylation is 1. The summed E-state index contributed by atoms with van der Waals surface area (Å²) in [6.45, 7) is 13.6. The lowest BCUT2D eigenvalue weighted by molar-refractivity contribution is -0.159. The molecule has 0 aliphatic heterocycles. The first-order valence-electron chi connectivity index (χ1n) is 15.8. The zero-order valence-corrected chi connectivity index (χ0v) is 28.7. The highest BCUT2D eigenvalue weighted by atomic mass is 16.6. The van der Waals surface area contributed by atoms with Gasteiger partial charge >= 0.3 is 12.1 Å². The summed E-state index contributed by atoms with van der Waals surface area (Å²) in [6, 6.07) is 9.97. The van der Waals surface area contributed by atoms with Crippen LogP contribution in [0.25, 0.3) is 0 Å². The molecule has 3 unspecified atom stereocenters. The van der Waals surface area contributed by atoms with Crippen molar-refractivity contribution in [2.24, 2.45) is 5.73 Å². The van der Waals surface area contributed by atoms with Crippen molar-refractivity contribution in [2.45, 2.75) is 110 Å². The van der Waals surface area contributed by atoms with Gasteiger partial charge in [-0.05, 0) is 72.4 Å². The van der Waals surface area contributed by atoms with E-state index in [9.17, 15) is 29.1 Å². The number of ether oxygens (including phenoxy) is 2. The zero-order chi connectivity index (χ0) is 35.5. The van der Waals surface area contributed by atoms with Gasteiger partial charge in [-0.2, -0.15) is 0 Å². The largest absolute Gasteiger partial charge is 0.507 e. The second-order valence-corrected chi connectivity index (χ2v) is 13.4. The van der Waals surface area contributed by atoms with Gasteiger partial charge in [0, 0.05) is 24.9 Å². The molecule has 47 heavy (non-hydrogen) atoms. The fourth-order valence-corrected chi connectivity index (χ4v) is 4.82. The number of phenolic OH excluding ortho intramolecular Hbond substituents is 1. The van der Waals surface area contributed by atoms with Gasteiger partial charge in [-0.15, -0.1) is 0 Å². The molecule has 12 nitrogen and oxygen atoms in total. The van der Waals surface area contributed by atoms with Crippen LogP contribution in [0, 0.1) is 6.92 Å². The van der Waals surface area contributed by atoms with Crippen LogP contribution in [0.2, 0.25) is 0 Å². The molecule has 3 atom stereocenters. The number of carbonyl (C=O) groups is 5. The molecule has 0 heterocycles. The minimum absolute atomic E-state index is 0.0170. The number of amides is 4. The smallest absolute Gasteiger partial charge is 0.408 e. The minimum Gasteiger partial charge on any atom is -0.507 e. The molecule has 0 saturated carbocycles. The SMILES string of the molecule is CCCN(C(=O)C(CCC(N)=O)NC(=O)OC(C)(C)C)C(C(=O)NC(Cc1ccccc1)C(=O)OC(C)(C)C)c1cccc(C)c1O. The van der Waals surface area contributed by atoms with Gasteiger partial charge < -0.3 is 35.8 Å². The molecule has 0 aliphatic rings. The van der Waals surface area contributed by atoms with Crippen molar-refractivity contribution in [1.29, 1.82) is 0 Å². The minimum atomic E-state index is -1.44. The standard InChI is InChI=1S/C35H50N4O8/c1-9-20-39(31(43)25(18-19-27(36)40)38-33(45)47-35(6,7)8)28(24-17-13-14-22(2)29(24)41)30(42)37-26(32(44)46-34(3,4)5)21-23-15-11-10-12-16-23/h10-17,25-26,28,41H,9,18-21H2,1-8H3,(H2,36,40)(H,37,42)(H,38,45). The van der Waals surface area contributed by atoms with Crippen LogP contribution in [0.15, 0.2) is 48.5 Å². The normalized spacial score (nSPS) is 13.4. The molecule has 0 fully saturated rings. The van der Waals surface area contributed by atoms with Crippen molar-refractivity contribution in [1.82, 2.24) is 15.5 Å². The van der Waals surface area contributed by atoms with E-state index in [2.05, 4.69) is 10.6 Å². The maximum absolute atomic E-state index is 14.4. The first-order chi connectivity index (χ1) is 21.8. The van der Waals surface area contributed by atoms with Gasteiger partial charge in [0.2, 0.25) is 17.7 Å². The van der Waals surface area contributed by atoms with E-state index < -0.39 is 59.1 Å². The third-order valence-corrected chi connectivity index (χ3v) is 6.83. The van der Waals surface area contributed by atoms with Crippen LogP contribution in [0.4, 0.5) is 4.79 Å². The Labute approximate surface area is 277 Å². The quantitative estimate of drug-likeness (QED) is 0.219. The number of carbonyl (C=O) groups excluding carboxylic acids is 5. The van der Waals surface area contributed by atoms with Gasteiger partial charge in [-0.3, -0.25) is 14.4 Å². The number of primary amides is 1. The summed E-state index contributed by atoms with van der Waals surface area (Å²) in [5, 5.41) is 16.5. The van der Waals surface area contributed by atoms with Crippen LogP contribution in [-0.4, -0.2) is 69.6 Å². The predicted molar refractivity (Wildman–Crippen MR) is 177 cm³/mol. The molecule has 4 amide bonds. The third kappa shape index (κ3) is 12.6. The van der Waals surface area contributed by atoms with Crippen LogP contribution in [0.1, 0.15) is 90.5 Å². The topological polar surface area (TPSA) is 177 Å². The van der Waals surface area contributed by atoms with Crippen molar-refractivity contribution in [3.63, 3.8) is 0 Å².